The minimum Gasteiger partial charge on any atom is -0.396 e. The average Bonchev–Trinajstić information content (AvgIpc) is 1.83. The van der Waals surface area contributed by atoms with Crippen LogP contribution in [0.2, 0.25) is 0 Å². The molecule has 0 bridgehead atoms. The van der Waals surface area contributed by atoms with Gasteiger partial charge in [-0.15, -0.1) is 0 Å². The van der Waals surface area contributed by atoms with E-state index in [1.54, 1.807) is 0 Å². The summed E-state index contributed by atoms with van der Waals surface area (Å²) in [7, 11) is 0. The van der Waals surface area contributed by atoms with Gasteiger partial charge >= 0.3 is 0 Å². The Kier molecular flexibility index (Phi) is 3.33. The molecule has 0 fully saturated rings. The van der Waals surface area contributed by atoms with Crippen LogP contribution in [-0.2, 0) is 0 Å². The lowest BCUT2D eigenvalue weighted by Gasteiger charge is -2.29. The van der Waals surface area contributed by atoms with Crippen molar-refractivity contribution in [3.05, 3.63) is 0 Å². The summed E-state index contributed by atoms with van der Waals surface area (Å²) in [5.74, 6) is -0.0278. The van der Waals surface area contributed by atoms with Crippen LogP contribution in [0.4, 0.5) is 0 Å². The second-order valence-electron chi connectivity index (χ2n) is 3.97. The summed E-state index contributed by atoms with van der Waals surface area (Å²) in [6, 6.07) is 0. The highest BCUT2D eigenvalue weighted by Crippen LogP contribution is 2.24. The van der Waals surface area contributed by atoms with Crippen molar-refractivity contribution in [3.63, 3.8) is 0 Å². The highest BCUT2D eigenvalue weighted by molar-refractivity contribution is 4.76. The molecule has 0 rings (SSSR count). The topological polar surface area (TPSA) is 40.5 Å². The van der Waals surface area contributed by atoms with Gasteiger partial charge in [-0.25, -0.2) is 0 Å². The Hall–Kier alpha value is -0.0800. The maximum absolute atomic E-state index is 9.49. The lowest BCUT2D eigenvalue weighted by Crippen LogP contribution is -2.33. The maximum Gasteiger partial charge on any atom is 0.0635 e. The van der Waals surface area contributed by atoms with Crippen molar-refractivity contribution in [2.24, 2.45) is 11.3 Å². The highest BCUT2D eigenvalue weighted by atomic mass is 16.3. The lowest BCUT2D eigenvalue weighted by atomic mass is 9.82. The Labute approximate surface area is 62.9 Å². The van der Waals surface area contributed by atoms with Crippen LogP contribution in [0.15, 0.2) is 0 Å². The Morgan fingerprint density at radius 1 is 1.30 bits per heavy atom. The molecule has 0 saturated heterocycles. The van der Waals surface area contributed by atoms with Crippen molar-refractivity contribution < 1.29 is 10.2 Å². The zero-order valence-corrected chi connectivity index (χ0v) is 7.26. The molecule has 0 aliphatic heterocycles. The fourth-order valence-corrected chi connectivity index (χ4v) is 0.953. The third-order valence-corrected chi connectivity index (χ3v) is 1.71. The second kappa shape index (κ2) is 3.35. The summed E-state index contributed by atoms with van der Waals surface area (Å²) in [5.41, 5.74) is -0.123. The van der Waals surface area contributed by atoms with Crippen molar-refractivity contribution in [1.82, 2.24) is 0 Å². The summed E-state index contributed by atoms with van der Waals surface area (Å²) >= 11 is 0. The minimum atomic E-state index is -0.419. The Bertz CT molecular complexity index is 93.9. The summed E-state index contributed by atoms with van der Waals surface area (Å²) in [6.07, 6.45) is -0.419. The van der Waals surface area contributed by atoms with Gasteiger partial charge in [-0.3, -0.25) is 0 Å². The van der Waals surface area contributed by atoms with Gasteiger partial charge in [0.15, 0.2) is 0 Å². The van der Waals surface area contributed by atoms with Gasteiger partial charge in [0.2, 0.25) is 0 Å². The molecule has 10 heavy (non-hydrogen) atoms. The molecule has 2 nitrogen and oxygen atoms in total. The maximum atomic E-state index is 9.49. The van der Waals surface area contributed by atoms with Crippen molar-refractivity contribution in [2.75, 3.05) is 6.61 Å². The number of rotatable bonds is 2. The molecule has 0 heterocycles. The van der Waals surface area contributed by atoms with Gasteiger partial charge in [0.05, 0.1) is 6.10 Å². The van der Waals surface area contributed by atoms with Gasteiger partial charge < -0.3 is 10.2 Å². The van der Waals surface area contributed by atoms with Gasteiger partial charge in [0.25, 0.3) is 0 Å². The molecule has 0 spiro atoms. The second-order valence-corrected chi connectivity index (χ2v) is 3.97. The van der Waals surface area contributed by atoms with E-state index in [1.807, 2.05) is 27.7 Å². The molecule has 0 aliphatic carbocycles. The first kappa shape index (κ1) is 9.92. The van der Waals surface area contributed by atoms with Crippen LogP contribution < -0.4 is 0 Å². The van der Waals surface area contributed by atoms with Crippen molar-refractivity contribution in [1.29, 1.82) is 0 Å². The van der Waals surface area contributed by atoms with Crippen LogP contribution in [0, 0.1) is 11.3 Å². The van der Waals surface area contributed by atoms with E-state index < -0.39 is 6.10 Å². The van der Waals surface area contributed by atoms with Crippen LogP contribution in [0.5, 0.6) is 0 Å². The number of hydrogen-bond acceptors (Lipinski definition) is 2. The molecular weight excluding hydrogens is 128 g/mol. The Balaban J connectivity index is 3.94. The molecule has 2 heteroatoms. The van der Waals surface area contributed by atoms with E-state index in [4.69, 9.17) is 5.11 Å². The summed E-state index contributed by atoms with van der Waals surface area (Å²) < 4.78 is 0. The minimum absolute atomic E-state index is 0.0278. The number of hydrogen-bond donors (Lipinski definition) is 2. The predicted molar refractivity (Wildman–Crippen MR) is 41.7 cm³/mol. The van der Waals surface area contributed by atoms with Gasteiger partial charge in [-0.2, -0.15) is 0 Å². The molecule has 0 saturated carbocycles. The number of aliphatic hydroxyl groups excluding tert-OH is 2. The van der Waals surface area contributed by atoms with Crippen LogP contribution in [0.3, 0.4) is 0 Å². The first-order chi connectivity index (χ1) is 4.39. The van der Waals surface area contributed by atoms with E-state index in [9.17, 15) is 5.11 Å². The molecule has 0 unspecified atom stereocenters. The molecule has 0 aliphatic rings. The molecule has 0 aromatic carbocycles. The van der Waals surface area contributed by atoms with E-state index in [0.717, 1.165) is 0 Å². The van der Waals surface area contributed by atoms with E-state index in [2.05, 4.69) is 0 Å². The van der Waals surface area contributed by atoms with Gasteiger partial charge in [0.1, 0.15) is 0 Å². The first-order valence-electron chi connectivity index (χ1n) is 3.68. The third-order valence-electron chi connectivity index (χ3n) is 1.71. The highest BCUT2D eigenvalue weighted by Gasteiger charge is 2.26. The molecule has 2 atom stereocenters. The SMILES string of the molecule is C[C@@H](CO)[C@@H](O)C(C)(C)C. The number of aliphatic hydroxyl groups is 2. The van der Waals surface area contributed by atoms with Crippen LogP contribution in [0.1, 0.15) is 27.7 Å². The van der Waals surface area contributed by atoms with Gasteiger partial charge in [0, 0.05) is 12.5 Å². The molecular formula is C8H18O2. The Morgan fingerprint density at radius 2 is 1.70 bits per heavy atom. The fraction of sp³-hybridized carbons (Fsp3) is 1.00. The van der Waals surface area contributed by atoms with E-state index in [0.29, 0.717) is 0 Å². The predicted octanol–water partition coefficient (Wildman–Crippen LogP) is 1.02. The zero-order chi connectivity index (χ0) is 8.36. The molecule has 0 amide bonds. The summed E-state index contributed by atoms with van der Waals surface area (Å²) in [6.45, 7) is 7.78. The van der Waals surface area contributed by atoms with Gasteiger partial charge in [-0.1, -0.05) is 27.7 Å². The van der Waals surface area contributed by atoms with Crippen molar-refractivity contribution in [2.45, 2.75) is 33.8 Å². The zero-order valence-electron chi connectivity index (χ0n) is 7.26. The third kappa shape index (κ3) is 2.67. The largest absolute Gasteiger partial charge is 0.396 e. The molecule has 0 radical (unpaired) electrons. The fourth-order valence-electron chi connectivity index (χ4n) is 0.953. The summed E-state index contributed by atoms with van der Waals surface area (Å²) in [5, 5.41) is 18.2. The first-order valence-corrected chi connectivity index (χ1v) is 3.68. The van der Waals surface area contributed by atoms with E-state index >= 15 is 0 Å². The quantitative estimate of drug-likeness (QED) is 0.610. The van der Waals surface area contributed by atoms with E-state index in [-0.39, 0.29) is 17.9 Å². The van der Waals surface area contributed by atoms with Gasteiger partial charge in [-0.05, 0) is 5.41 Å². The lowest BCUT2D eigenvalue weighted by molar-refractivity contribution is -0.00245. The smallest absolute Gasteiger partial charge is 0.0635 e. The molecule has 0 aromatic heterocycles. The van der Waals surface area contributed by atoms with Crippen LogP contribution >= 0.6 is 0 Å². The van der Waals surface area contributed by atoms with Crippen molar-refractivity contribution in [3.8, 4) is 0 Å². The van der Waals surface area contributed by atoms with Crippen LogP contribution in [-0.4, -0.2) is 22.9 Å². The normalized spacial score (nSPS) is 18.6. The average molecular weight is 146 g/mol. The molecule has 2 N–H and O–H groups in total. The monoisotopic (exact) mass is 146 g/mol. The van der Waals surface area contributed by atoms with Crippen molar-refractivity contribution >= 4 is 0 Å². The van der Waals surface area contributed by atoms with E-state index in [1.165, 1.54) is 0 Å². The van der Waals surface area contributed by atoms with Crippen LogP contribution in [0.25, 0.3) is 0 Å². The Morgan fingerprint density at radius 3 is 1.80 bits per heavy atom. The molecule has 62 valence electrons. The summed E-state index contributed by atoms with van der Waals surface area (Å²) in [4.78, 5) is 0. The molecule has 0 aromatic rings. The standard InChI is InChI=1S/C8H18O2/c1-6(5-9)7(10)8(2,3)4/h6-7,9-10H,5H2,1-4H3/t6-,7+/m0/s1.